The van der Waals surface area contributed by atoms with Crippen molar-refractivity contribution in [3.63, 3.8) is 0 Å². The summed E-state index contributed by atoms with van der Waals surface area (Å²) in [6.07, 6.45) is 44.9. The first-order chi connectivity index (χ1) is 22.3. The Labute approximate surface area is 283 Å². The summed E-state index contributed by atoms with van der Waals surface area (Å²) in [5.41, 5.74) is 0. The standard InChI is InChI=1S/C39H69NO5S/c1-3-5-7-9-11-13-15-17-18-19-20-21-22-23-25-27-29-31-33-35-39(42)40-37(36-46(43,44)45)38(41)34-32-30-28-26-24-16-14-12-10-8-6-4-2/h10-13,17-18,24,26,32,34,37-38,41H,3-9,14-16,19-23,25,27-31,33,35-36H2,1-2H3,(H,40,42)(H,43,44,45)/b12-10+,13-11-,18-17-,26-24+,34-32+. The van der Waals surface area contributed by atoms with E-state index in [1.54, 1.807) is 6.08 Å². The molecule has 0 aromatic heterocycles. The largest absolute Gasteiger partial charge is 0.387 e. The van der Waals surface area contributed by atoms with Crippen LogP contribution in [-0.2, 0) is 14.9 Å². The molecule has 0 radical (unpaired) electrons. The monoisotopic (exact) mass is 663 g/mol. The van der Waals surface area contributed by atoms with Gasteiger partial charge in [0, 0.05) is 6.42 Å². The predicted octanol–water partition coefficient (Wildman–Crippen LogP) is 10.5. The second kappa shape index (κ2) is 33.0. The number of hydrogen-bond donors (Lipinski definition) is 3. The molecule has 0 rings (SSSR count). The molecule has 0 bridgehead atoms. The van der Waals surface area contributed by atoms with E-state index < -0.39 is 28.0 Å². The minimum absolute atomic E-state index is 0.277. The third-order valence-corrected chi connectivity index (χ3v) is 8.67. The van der Waals surface area contributed by atoms with Crippen LogP contribution in [0.15, 0.2) is 60.8 Å². The van der Waals surface area contributed by atoms with Gasteiger partial charge in [-0.3, -0.25) is 9.35 Å². The number of carbonyl (C=O) groups excluding carboxylic acids is 1. The van der Waals surface area contributed by atoms with Gasteiger partial charge in [-0.25, -0.2) is 0 Å². The van der Waals surface area contributed by atoms with Gasteiger partial charge in [-0.1, -0.05) is 145 Å². The molecule has 0 heterocycles. The van der Waals surface area contributed by atoms with Gasteiger partial charge in [-0.15, -0.1) is 0 Å². The number of rotatable bonds is 32. The Kier molecular flexibility index (Phi) is 31.6. The van der Waals surface area contributed by atoms with Crippen LogP contribution in [0.1, 0.15) is 162 Å². The van der Waals surface area contributed by atoms with Crippen LogP contribution in [0.3, 0.4) is 0 Å². The van der Waals surface area contributed by atoms with Crippen LogP contribution in [0, 0.1) is 0 Å². The van der Waals surface area contributed by atoms with Gasteiger partial charge in [-0.2, -0.15) is 8.42 Å². The van der Waals surface area contributed by atoms with Crippen LogP contribution >= 0.6 is 0 Å². The van der Waals surface area contributed by atoms with Crippen LogP contribution in [0.4, 0.5) is 0 Å². The molecule has 0 aromatic rings. The van der Waals surface area contributed by atoms with Crippen LogP contribution in [-0.4, -0.2) is 41.9 Å². The number of unbranched alkanes of at least 4 members (excludes halogenated alkanes) is 16. The summed E-state index contributed by atoms with van der Waals surface area (Å²) in [4.78, 5) is 12.5. The van der Waals surface area contributed by atoms with Crippen LogP contribution in [0.2, 0.25) is 0 Å². The molecule has 3 N–H and O–H groups in total. The van der Waals surface area contributed by atoms with Gasteiger partial charge < -0.3 is 10.4 Å². The van der Waals surface area contributed by atoms with E-state index >= 15 is 0 Å². The molecule has 0 saturated heterocycles. The molecule has 0 aromatic carbocycles. The molecule has 0 aliphatic carbocycles. The molecule has 2 unspecified atom stereocenters. The molecule has 0 fully saturated rings. The van der Waals surface area contributed by atoms with Crippen molar-refractivity contribution < 1.29 is 22.9 Å². The van der Waals surface area contributed by atoms with Crippen LogP contribution in [0.5, 0.6) is 0 Å². The van der Waals surface area contributed by atoms with Gasteiger partial charge in [-0.05, 0) is 70.6 Å². The maximum absolute atomic E-state index is 12.5. The number of allylic oxidation sites excluding steroid dienone is 9. The Morgan fingerprint density at radius 1 is 0.587 bits per heavy atom. The first kappa shape index (κ1) is 44.0. The summed E-state index contributed by atoms with van der Waals surface area (Å²) >= 11 is 0. The van der Waals surface area contributed by atoms with Crippen molar-refractivity contribution in [2.24, 2.45) is 0 Å². The lowest BCUT2D eigenvalue weighted by atomic mass is 10.1. The van der Waals surface area contributed by atoms with Crippen molar-refractivity contribution in [3.8, 4) is 0 Å². The summed E-state index contributed by atoms with van der Waals surface area (Å²) < 4.78 is 32.3. The highest BCUT2D eigenvalue weighted by Gasteiger charge is 2.24. The number of amides is 1. The Morgan fingerprint density at radius 3 is 1.57 bits per heavy atom. The fourth-order valence-corrected chi connectivity index (χ4v) is 5.82. The van der Waals surface area contributed by atoms with E-state index in [1.807, 2.05) is 0 Å². The van der Waals surface area contributed by atoms with E-state index in [1.165, 1.54) is 83.1 Å². The Balaban J connectivity index is 4.01. The van der Waals surface area contributed by atoms with Gasteiger partial charge in [0.1, 0.15) is 0 Å². The zero-order chi connectivity index (χ0) is 34.0. The summed E-state index contributed by atoms with van der Waals surface area (Å²) in [6, 6.07) is -1.08. The van der Waals surface area contributed by atoms with E-state index in [-0.39, 0.29) is 12.3 Å². The zero-order valence-corrected chi connectivity index (χ0v) is 30.2. The minimum Gasteiger partial charge on any atom is -0.387 e. The second-order valence-corrected chi connectivity index (χ2v) is 14.0. The number of aliphatic hydroxyl groups excluding tert-OH is 1. The third-order valence-electron chi connectivity index (χ3n) is 7.89. The molecule has 0 aliphatic rings. The molecule has 46 heavy (non-hydrogen) atoms. The first-order valence-electron chi connectivity index (χ1n) is 18.5. The minimum atomic E-state index is -4.36. The Hall–Kier alpha value is -1.96. The molecular formula is C39H69NO5S. The Morgan fingerprint density at radius 2 is 1.02 bits per heavy atom. The van der Waals surface area contributed by atoms with E-state index in [0.717, 1.165) is 57.8 Å². The highest BCUT2D eigenvalue weighted by atomic mass is 32.2. The van der Waals surface area contributed by atoms with Gasteiger partial charge in [0.25, 0.3) is 10.1 Å². The van der Waals surface area contributed by atoms with Crippen molar-refractivity contribution in [2.45, 2.75) is 174 Å². The molecule has 2 atom stereocenters. The van der Waals surface area contributed by atoms with Crippen molar-refractivity contribution in [2.75, 3.05) is 5.75 Å². The SMILES string of the molecule is CCCC/C=C/CC/C=C/CC/C=C/C(O)C(CS(=O)(=O)O)NC(=O)CCCCCCCCCCC/C=C\C/C=C\CCCCC. The van der Waals surface area contributed by atoms with E-state index in [2.05, 4.69) is 67.8 Å². The zero-order valence-electron chi connectivity index (χ0n) is 29.4. The normalized spacial score (nSPS) is 14.1. The van der Waals surface area contributed by atoms with E-state index in [4.69, 9.17) is 0 Å². The van der Waals surface area contributed by atoms with Gasteiger partial charge >= 0.3 is 0 Å². The van der Waals surface area contributed by atoms with Crippen molar-refractivity contribution in [1.82, 2.24) is 5.32 Å². The average Bonchev–Trinajstić information content (AvgIpc) is 3.01. The number of aliphatic hydroxyl groups is 1. The highest BCUT2D eigenvalue weighted by molar-refractivity contribution is 7.85. The molecule has 0 saturated carbocycles. The number of nitrogens with one attached hydrogen (secondary N) is 1. The maximum Gasteiger partial charge on any atom is 0.267 e. The summed E-state index contributed by atoms with van der Waals surface area (Å²) in [6.45, 7) is 4.43. The quantitative estimate of drug-likeness (QED) is 0.0377. The maximum atomic E-state index is 12.5. The molecular weight excluding hydrogens is 594 g/mol. The lowest BCUT2D eigenvalue weighted by Crippen LogP contribution is -2.46. The molecule has 266 valence electrons. The topological polar surface area (TPSA) is 104 Å². The van der Waals surface area contributed by atoms with Crippen molar-refractivity contribution >= 4 is 16.0 Å². The molecule has 6 nitrogen and oxygen atoms in total. The molecule has 0 aliphatic heterocycles. The van der Waals surface area contributed by atoms with E-state index in [0.29, 0.717) is 6.42 Å². The lowest BCUT2D eigenvalue weighted by Gasteiger charge is -2.21. The fourth-order valence-electron chi connectivity index (χ4n) is 5.08. The van der Waals surface area contributed by atoms with Crippen molar-refractivity contribution in [3.05, 3.63) is 60.8 Å². The van der Waals surface area contributed by atoms with Gasteiger partial charge in [0.2, 0.25) is 5.91 Å². The van der Waals surface area contributed by atoms with E-state index in [9.17, 15) is 22.9 Å². The summed E-state index contributed by atoms with van der Waals surface area (Å²) in [5, 5.41) is 13.1. The van der Waals surface area contributed by atoms with Crippen LogP contribution in [0.25, 0.3) is 0 Å². The molecule has 0 spiro atoms. The second-order valence-electron chi connectivity index (χ2n) is 12.5. The summed E-state index contributed by atoms with van der Waals surface area (Å²) in [7, 11) is -4.36. The fraction of sp³-hybridized carbons (Fsp3) is 0.718. The highest BCUT2D eigenvalue weighted by Crippen LogP contribution is 2.12. The van der Waals surface area contributed by atoms with Crippen LogP contribution < -0.4 is 5.32 Å². The summed E-state index contributed by atoms with van der Waals surface area (Å²) in [5.74, 6) is -1.02. The average molecular weight is 664 g/mol. The predicted molar refractivity (Wildman–Crippen MR) is 198 cm³/mol. The third kappa shape index (κ3) is 33.4. The number of carbonyl (C=O) groups is 1. The number of hydrogen-bond acceptors (Lipinski definition) is 4. The molecule has 1 amide bonds. The van der Waals surface area contributed by atoms with Crippen molar-refractivity contribution in [1.29, 1.82) is 0 Å². The Bertz CT molecular complexity index is 951. The lowest BCUT2D eigenvalue weighted by molar-refractivity contribution is -0.122. The van der Waals surface area contributed by atoms with Gasteiger partial charge in [0.15, 0.2) is 0 Å². The van der Waals surface area contributed by atoms with Gasteiger partial charge in [0.05, 0.1) is 17.9 Å². The first-order valence-corrected chi connectivity index (χ1v) is 20.1. The molecule has 7 heteroatoms. The smallest absolute Gasteiger partial charge is 0.267 e.